The number of rotatable bonds is 17. The van der Waals surface area contributed by atoms with Crippen LogP contribution in [0.5, 0.6) is 0 Å². The van der Waals surface area contributed by atoms with Crippen LogP contribution in [-0.4, -0.2) is 242 Å². The van der Waals surface area contributed by atoms with Gasteiger partial charge in [-0.15, -0.1) is 0 Å². The molecule has 5 saturated heterocycles. The number of allylic oxidation sites excluding steroid dienone is 1. The summed E-state index contributed by atoms with van der Waals surface area (Å²) in [4.78, 5) is 14.5. The van der Waals surface area contributed by atoms with E-state index < -0.39 is 198 Å². The second kappa shape index (κ2) is 24.6. The number of hydrogen-bond donors (Lipinski definition) is 12. The molecule has 8 fully saturated rings. The van der Waals surface area contributed by atoms with E-state index >= 15 is 0 Å². The van der Waals surface area contributed by atoms with Gasteiger partial charge in [-0.25, -0.2) is 4.18 Å². The van der Waals surface area contributed by atoms with Crippen molar-refractivity contribution in [3.8, 4) is 0 Å². The Bertz CT molecular complexity index is 2390. The van der Waals surface area contributed by atoms with E-state index in [-0.39, 0.29) is 41.4 Å². The van der Waals surface area contributed by atoms with Crippen molar-refractivity contribution in [2.45, 2.75) is 253 Å². The van der Waals surface area contributed by atoms with Crippen molar-refractivity contribution in [3.63, 3.8) is 0 Å². The molecule has 26 nitrogen and oxygen atoms in total. The van der Waals surface area contributed by atoms with Crippen LogP contribution in [0.2, 0.25) is 0 Å². The van der Waals surface area contributed by atoms with Crippen molar-refractivity contribution in [1.29, 1.82) is 0 Å². The Morgan fingerprint density at radius 1 is 0.707 bits per heavy atom. The molecule has 12 N–H and O–H groups in total. The average molecular weight is 1210 g/mol. The van der Waals surface area contributed by atoms with E-state index in [9.17, 15) is 73.9 Å². The summed E-state index contributed by atoms with van der Waals surface area (Å²) in [6.07, 6.45) is -27.3. The monoisotopic (exact) mass is 1210 g/mol. The summed E-state index contributed by atoms with van der Waals surface area (Å²) >= 11 is 0. The van der Waals surface area contributed by atoms with Gasteiger partial charge in [-0.2, -0.15) is 8.42 Å². The van der Waals surface area contributed by atoms with Crippen LogP contribution in [0.3, 0.4) is 0 Å². The smallest absolute Gasteiger partial charge is 0.456 e. The van der Waals surface area contributed by atoms with E-state index in [1.807, 2.05) is 33.8 Å². The van der Waals surface area contributed by atoms with Crippen LogP contribution in [0.4, 0.5) is 0 Å². The molecule has 5 heterocycles. The summed E-state index contributed by atoms with van der Waals surface area (Å²) in [5.41, 5.74) is -5.44. The topological polar surface area (TPSA) is 396 Å². The van der Waals surface area contributed by atoms with Crippen LogP contribution in [0.1, 0.15) is 113 Å². The number of carbonyl (C=O) groups excluding carboxylic acids is 1. The molecule has 0 radical (unpaired) electrons. The van der Waals surface area contributed by atoms with Crippen LogP contribution in [0, 0.1) is 39.4 Å². The number of aliphatic hydroxyl groups is 11. The Morgan fingerprint density at radius 3 is 1.89 bits per heavy atom. The molecule has 0 aromatic heterocycles. The first-order valence-corrected chi connectivity index (χ1v) is 29.9. The van der Waals surface area contributed by atoms with Crippen LogP contribution >= 0.6 is 0 Å². The van der Waals surface area contributed by atoms with E-state index in [4.69, 9.17) is 51.6 Å². The van der Waals surface area contributed by atoms with Gasteiger partial charge in [0.2, 0.25) is 0 Å². The van der Waals surface area contributed by atoms with Crippen molar-refractivity contribution in [2.24, 2.45) is 39.4 Å². The van der Waals surface area contributed by atoms with Crippen molar-refractivity contribution in [2.75, 3.05) is 26.9 Å². The maximum absolute atomic E-state index is 14.5. The number of methoxy groups -OCH3 is 1. The normalized spacial score (nSPS) is 51.0. The second-order valence-corrected chi connectivity index (χ2v) is 27.1. The van der Waals surface area contributed by atoms with E-state index in [0.717, 1.165) is 18.4 Å². The molecule has 82 heavy (non-hydrogen) atoms. The van der Waals surface area contributed by atoms with Crippen LogP contribution in [0.25, 0.3) is 0 Å². The molecule has 0 aromatic carbocycles. The minimum atomic E-state index is -5.19. The maximum Gasteiger partial charge on any atom is 1.00 e. The second-order valence-electron chi connectivity index (χ2n) is 26.0. The largest absolute Gasteiger partial charge is 1.00 e. The number of aliphatic hydroxyl groups excluding tert-OH is 10. The van der Waals surface area contributed by atoms with Gasteiger partial charge in [-0.1, -0.05) is 59.6 Å². The number of fused-ring (bicyclic) bond motifs is 4. The predicted molar refractivity (Wildman–Crippen MR) is 274 cm³/mol. The molecule has 5 aliphatic heterocycles. The van der Waals surface area contributed by atoms with Crippen molar-refractivity contribution >= 4 is 16.4 Å². The van der Waals surface area contributed by atoms with Crippen molar-refractivity contribution in [3.05, 3.63) is 11.6 Å². The zero-order valence-electron chi connectivity index (χ0n) is 48.4. The standard InChI is InChI=1S/C54H88O26S.Na/c1-23(2)11-10-15-52(8)53(66)18-17-51(7)25-12-13-30-49(4,5)32(14-16-50(30,6)26(25)19-31(57)54(51,53)48(65)79-52)75-47-43(35(60)29(22-71-47)80-81(67,68)69)78-44-37(62)36(61)40(24(3)72-44)76-46-39(64)42(34(59)28(21-56)74-46)77-45-38(63)41(70-9)33(58)27(20-55)73-45;/h19,23-25,27-47,55-64,66H,10-18,20-22H2,1-9H3,(H,67,68,69);/q;+1. The maximum atomic E-state index is 14.5. The van der Waals surface area contributed by atoms with Crippen LogP contribution in [-0.2, 0) is 66.7 Å². The molecule has 28 unspecified atom stereocenters. The summed E-state index contributed by atoms with van der Waals surface area (Å²) in [5, 5.41) is 125. The van der Waals surface area contributed by atoms with Gasteiger partial charge in [0.25, 0.3) is 0 Å². The van der Waals surface area contributed by atoms with Gasteiger partial charge in [0.15, 0.2) is 25.2 Å². The van der Waals surface area contributed by atoms with Crippen molar-refractivity contribution in [1.82, 2.24) is 0 Å². The minimum Gasteiger partial charge on any atom is -0.456 e. The molecule has 1 spiro atoms. The molecule has 0 bridgehead atoms. The summed E-state index contributed by atoms with van der Waals surface area (Å²) in [6, 6.07) is 0. The first-order valence-electron chi connectivity index (χ1n) is 28.5. The van der Waals surface area contributed by atoms with Gasteiger partial charge in [-0.05, 0) is 99.2 Å². The van der Waals surface area contributed by atoms with Gasteiger partial charge < -0.3 is 104 Å². The molecule has 466 valence electrons. The zero-order chi connectivity index (χ0) is 59.5. The molecule has 9 rings (SSSR count). The van der Waals surface area contributed by atoms with Gasteiger partial charge in [0, 0.05) is 7.11 Å². The third-order valence-corrected chi connectivity index (χ3v) is 21.3. The van der Waals surface area contributed by atoms with Crippen LogP contribution in [0.15, 0.2) is 11.6 Å². The predicted octanol–water partition coefficient (Wildman–Crippen LogP) is -4.39. The molecule has 28 atom stereocenters. The third-order valence-electron chi connectivity index (χ3n) is 20.8. The summed E-state index contributed by atoms with van der Waals surface area (Å²) in [5.74, 6) is -0.430. The van der Waals surface area contributed by atoms with Gasteiger partial charge in [0.05, 0.1) is 38.1 Å². The molecule has 0 amide bonds. The molecule has 28 heteroatoms. The number of cyclic esters (lactones) is 1. The summed E-state index contributed by atoms with van der Waals surface area (Å²) in [6.45, 7) is 13.5. The Morgan fingerprint density at radius 2 is 1.29 bits per heavy atom. The van der Waals surface area contributed by atoms with Gasteiger partial charge in [0.1, 0.15) is 102 Å². The van der Waals surface area contributed by atoms with E-state index in [1.54, 1.807) is 0 Å². The Labute approximate surface area is 500 Å². The van der Waals surface area contributed by atoms with Gasteiger partial charge in [-0.3, -0.25) is 9.35 Å². The number of ether oxygens (including phenoxy) is 10. The Kier molecular flexibility index (Phi) is 20.1. The zero-order valence-corrected chi connectivity index (χ0v) is 51.2. The molecule has 3 saturated carbocycles. The minimum absolute atomic E-state index is 0. The molecule has 9 aliphatic rings. The fourth-order valence-corrected chi connectivity index (χ4v) is 16.9. The Hall–Kier alpha value is -0.720. The molecular formula is C54H88NaO26S+. The Balaban J connectivity index is 0.00000880. The fourth-order valence-electron chi connectivity index (χ4n) is 16.4. The number of carbonyl (C=O) groups is 1. The number of esters is 1. The fraction of sp³-hybridized carbons (Fsp3) is 0.944. The van der Waals surface area contributed by atoms with Crippen molar-refractivity contribution < 1.29 is 155 Å². The van der Waals surface area contributed by atoms with Gasteiger partial charge >= 0.3 is 45.9 Å². The first-order chi connectivity index (χ1) is 37.8. The molecule has 0 aromatic rings. The number of hydrogen-bond acceptors (Lipinski definition) is 25. The molecule has 4 aliphatic carbocycles. The SMILES string of the molecule is COC1C(O)C(CO)OC(OC2C(O)C(CO)OC(OC3C(C)OC(OC4C(OC5CCC6(C)C7=CC(O)C89C(=O)OC(C)(CCCC(C)C)C8(O)CCC9(C)C7CCC6C5(C)C)OCC(OS(=O)(=O)O)C4O)C(O)C3O)C2O)C1O.[Na+]. The average Bonchev–Trinajstić information content (AvgIpc) is 2.87. The van der Waals surface area contributed by atoms with E-state index in [1.165, 1.54) is 14.0 Å². The van der Waals surface area contributed by atoms with E-state index in [2.05, 4.69) is 20.8 Å². The van der Waals surface area contributed by atoms with E-state index in [0.29, 0.717) is 50.9 Å². The summed E-state index contributed by atoms with van der Waals surface area (Å²) < 4.78 is 97.9. The van der Waals surface area contributed by atoms with Crippen LogP contribution < -0.4 is 29.6 Å². The third kappa shape index (κ3) is 11.0. The summed E-state index contributed by atoms with van der Waals surface area (Å²) in [7, 11) is -4.01. The molecular weight excluding hydrogens is 1120 g/mol. The quantitative estimate of drug-likeness (QED) is 0.0215. The first kappa shape index (κ1) is 67.2.